The lowest BCUT2D eigenvalue weighted by Gasteiger charge is -2.07. The van der Waals surface area contributed by atoms with E-state index in [1.807, 2.05) is 31.2 Å². The molecule has 2 aromatic rings. The number of carbonyl (C=O) groups is 1. The maximum atomic E-state index is 13.3. The molecule has 104 valence electrons. The first-order valence-corrected chi connectivity index (χ1v) is 6.76. The van der Waals surface area contributed by atoms with Gasteiger partial charge in [0.15, 0.2) is 0 Å². The molecule has 0 radical (unpaired) electrons. The van der Waals surface area contributed by atoms with Crippen LogP contribution in [-0.4, -0.2) is 5.91 Å². The van der Waals surface area contributed by atoms with Crippen molar-refractivity contribution in [3.63, 3.8) is 0 Å². The van der Waals surface area contributed by atoms with E-state index in [0.29, 0.717) is 22.6 Å². The zero-order valence-electron chi connectivity index (χ0n) is 11.3. The van der Waals surface area contributed by atoms with Crippen LogP contribution in [0.25, 0.3) is 11.3 Å². The van der Waals surface area contributed by atoms with E-state index in [9.17, 15) is 9.18 Å². The van der Waals surface area contributed by atoms with Crippen LogP contribution in [0.2, 0.25) is 0 Å². The summed E-state index contributed by atoms with van der Waals surface area (Å²) >= 11 is 0. The predicted molar refractivity (Wildman–Crippen MR) is 77.8 cm³/mol. The average molecular weight is 281 g/mol. The number of rotatable bonds is 0. The molecule has 0 saturated carbocycles. The van der Waals surface area contributed by atoms with E-state index in [-0.39, 0.29) is 17.8 Å². The lowest BCUT2D eigenvalue weighted by atomic mass is 9.99. The first-order valence-electron chi connectivity index (χ1n) is 6.76. The summed E-state index contributed by atoms with van der Waals surface area (Å²) in [6, 6.07) is 12.1. The highest BCUT2D eigenvalue weighted by Gasteiger charge is 2.34. The number of halogens is 1. The maximum Gasteiger partial charge on any atom is 0.260 e. The zero-order chi connectivity index (χ0) is 14.6. The number of anilines is 1. The van der Waals surface area contributed by atoms with Crippen LogP contribution in [0.15, 0.2) is 42.5 Å². The van der Waals surface area contributed by atoms with Crippen LogP contribution in [0, 0.1) is 5.82 Å². The van der Waals surface area contributed by atoms with Gasteiger partial charge in [-0.3, -0.25) is 4.79 Å². The van der Waals surface area contributed by atoms with Crippen molar-refractivity contribution in [2.24, 2.45) is 0 Å². The average Bonchev–Trinajstić information content (AvgIpc) is 2.96. The molecule has 21 heavy (non-hydrogen) atoms. The first-order chi connectivity index (χ1) is 10.1. The fourth-order valence-corrected chi connectivity index (χ4v) is 2.93. The van der Waals surface area contributed by atoms with E-state index >= 15 is 0 Å². The van der Waals surface area contributed by atoms with Crippen molar-refractivity contribution >= 4 is 22.9 Å². The van der Waals surface area contributed by atoms with Crippen molar-refractivity contribution < 1.29 is 13.9 Å². The lowest BCUT2D eigenvalue weighted by molar-refractivity contribution is -0.110. The Kier molecular flexibility index (Phi) is 2.42. The third-order valence-corrected chi connectivity index (χ3v) is 3.89. The van der Waals surface area contributed by atoms with Crippen molar-refractivity contribution in [3.8, 4) is 0 Å². The van der Waals surface area contributed by atoms with Gasteiger partial charge in [0.2, 0.25) is 0 Å². The van der Waals surface area contributed by atoms with Crippen LogP contribution >= 0.6 is 0 Å². The number of hydrogen-bond donors (Lipinski definition) is 1. The summed E-state index contributed by atoms with van der Waals surface area (Å²) in [6.45, 7) is 1.95. The van der Waals surface area contributed by atoms with Gasteiger partial charge in [-0.25, -0.2) is 4.39 Å². The fraction of sp³-hybridized carbons (Fsp3) is 0.118. The Morgan fingerprint density at radius 1 is 1.14 bits per heavy atom. The number of hydrogen-bond acceptors (Lipinski definition) is 2. The lowest BCUT2D eigenvalue weighted by Crippen LogP contribution is -2.05. The predicted octanol–water partition coefficient (Wildman–Crippen LogP) is 3.74. The van der Waals surface area contributed by atoms with Crippen molar-refractivity contribution in [2.75, 3.05) is 5.32 Å². The summed E-state index contributed by atoms with van der Waals surface area (Å²) < 4.78 is 19.2. The van der Waals surface area contributed by atoms with Gasteiger partial charge in [-0.1, -0.05) is 24.3 Å². The molecule has 2 heterocycles. The molecule has 1 atom stereocenters. The van der Waals surface area contributed by atoms with Crippen LogP contribution in [0.3, 0.4) is 0 Å². The topological polar surface area (TPSA) is 38.3 Å². The van der Waals surface area contributed by atoms with Crippen LogP contribution in [0.4, 0.5) is 10.1 Å². The SMILES string of the molecule is CC1O/C(=C2/C(=O)Nc3cc(F)ccc32)c2ccccc21. The molecule has 2 aliphatic rings. The molecular formula is C17H12FNO2. The van der Waals surface area contributed by atoms with Gasteiger partial charge in [-0.15, -0.1) is 0 Å². The van der Waals surface area contributed by atoms with Gasteiger partial charge in [0.05, 0.1) is 11.3 Å². The van der Waals surface area contributed by atoms with Crippen LogP contribution in [0.1, 0.15) is 29.7 Å². The van der Waals surface area contributed by atoms with E-state index in [4.69, 9.17) is 4.74 Å². The Morgan fingerprint density at radius 3 is 2.81 bits per heavy atom. The van der Waals surface area contributed by atoms with E-state index in [0.717, 1.165) is 11.1 Å². The summed E-state index contributed by atoms with van der Waals surface area (Å²) in [5, 5.41) is 2.69. The standard InChI is InChI=1S/C17H12FNO2/c1-9-11-4-2-3-5-12(11)16(21-9)15-13-7-6-10(18)8-14(13)19-17(15)20/h2-9H,1H3,(H,19,20)/b16-15+. The Balaban J connectivity index is 1.97. The Bertz CT molecular complexity index is 810. The minimum absolute atomic E-state index is 0.0963. The highest BCUT2D eigenvalue weighted by Crippen LogP contribution is 2.45. The van der Waals surface area contributed by atoms with Gasteiger partial charge in [0, 0.05) is 16.7 Å². The molecule has 0 saturated heterocycles. The molecule has 2 aliphatic heterocycles. The van der Waals surface area contributed by atoms with E-state index in [2.05, 4.69) is 5.32 Å². The number of benzene rings is 2. The molecule has 0 aliphatic carbocycles. The fourth-order valence-electron chi connectivity index (χ4n) is 2.93. The molecule has 2 aromatic carbocycles. The van der Waals surface area contributed by atoms with Crippen LogP contribution in [-0.2, 0) is 9.53 Å². The Labute approximate surface area is 121 Å². The second-order valence-electron chi connectivity index (χ2n) is 5.20. The van der Waals surface area contributed by atoms with Crippen LogP contribution < -0.4 is 5.32 Å². The maximum absolute atomic E-state index is 13.3. The van der Waals surface area contributed by atoms with Crippen molar-refractivity contribution in [1.29, 1.82) is 0 Å². The second-order valence-corrected chi connectivity index (χ2v) is 5.20. The molecule has 1 unspecified atom stereocenters. The highest BCUT2D eigenvalue weighted by molar-refractivity contribution is 6.36. The summed E-state index contributed by atoms with van der Waals surface area (Å²) in [4.78, 5) is 12.3. The normalized spacial score (nSPS) is 22.6. The third kappa shape index (κ3) is 1.69. The van der Waals surface area contributed by atoms with Crippen molar-refractivity contribution in [3.05, 3.63) is 65.0 Å². The summed E-state index contributed by atoms with van der Waals surface area (Å²) in [7, 11) is 0. The number of carbonyl (C=O) groups excluding carboxylic acids is 1. The molecule has 4 rings (SSSR count). The third-order valence-electron chi connectivity index (χ3n) is 3.89. The second kappa shape index (κ2) is 4.19. The van der Waals surface area contributed by atoms with Crippen molar-refractivity contribution in [2.45, 2.75) is 13.0 Å². The molecule has 1 amide bonds. The Hall–Kier alpha value is -2.62. The summed E-state index contributed by atoms with van der Waals surface area (Å²) in [5.41, 5.74) is 3.63. The molecule has 0 fully saturated rings. The smallest absolute Gasteiger partial charge is 0.260 e. The highest BCUT2D eigenvalue weighted by atomic mass is 19.1. The van der Waals surface area contributed by atoms with E-state index in [1.165, 1.54) is 12.1 Å². The molecule has 4 heteroatoms. The molecular weight excluding hydrogens is 269 g/mol. The van der Waals surface area contributed by atoms with Crippen molar-refractivity contribution in [1.82, 2.24) is 0 Å². The monoisotopic (exact) mass is 281 g/mol. The largest absolute Gasteiger partial charge is 0.484 e. The van der Waals surface area contributed by atoms with E-state index in [1.54, 1.807) is 6.07 Å². The zero-order valence-corrected chi connectivity index (χ0v) is 11.3. The van der Waals surface area contributed by atoms with Gasteiger partial charge in [0.1, 0.15) is 17.7 Å². The molecule has 3 nitrogen and oxygen atoms in total. The number of ether oxygens (including phenoxy) is 1. The van der Waals surface area contributed by atoms with Gasteiger partial charge >= 0.3 is 0 Å². The number of fused-ring (bicyclic) bond motifs is 2. The minimum atomic E-state index is -0.374. The quantitative estimate of drug-likeness (QED) is 0.747. The minimum Gasteiger partial charge on any atom is -0.484 e. The van der Waals surface area contributed by atoms with Gasteiger partial charge in [0.25, 0.3) is 5.91 Å². The van der Waals surface area contributed by atoms with E-state index < -0.39 is 0 Å². The Morgan fingerprint density at radius 2 is 1.95 bits per heavy atom. The van der Waals surface area contributed by atoms with Crippen LogP contribution in [0.5, 0.6) is 0 Å². The summed E-state index contributed by atoms with van der Waals surface area (Å²) in [5.74, 6) is -0.0585. The first kappa shape index (κ1) is 12.1. The number of amides is 1. The van der Waals surface area contributed by atoms with Gasteiger partial charge in [-0.05, 0) is 25.1 Å². The summed E-state index contributed by atoms with van der Waals surface area (Å²) in [6.07, 6.45) is -0.0963. The molecule has 0 bridgehead atoms. The molecule has 0 spiro atoms. The van der Waals surface area contributed by atoms with Gasteiger partial charge < -0.3 is 10.1 Å². The number of nitrogens with one attached hydrogen (secondary N) is 1. The molecule has 1 N–H and O–H groups in total. The molecule has 0 aromatic heterocycles. The van der Waals surface area contributed by atoms with Gasteiger partial charge in [-0.2, -0.15) is 0 Å².